The van der Waals surface area contributed by atoms with Crippen LogP contribution < -0.4 is 5.32 Å². The number of nitrogens with one attached hydrogen (secondary N) is 1. The number of hydrogen-bond donors (Lipinski definition) is 1. The van der Waals surface area contributed by atoms with E-state index in [0.717, 1.165) is 18.5 Å². The third-order valence-corrected chi connectivity index (χ3v) is 3.13. The van der Waals surface area contributed by atoms with Crippen molar-refractivity contribution in [2.45, 2.75) is 45.3 Å². The Kier molecular flexibility index (Phi) is 6.30. The van der Waals surface area contributed by atoms with Gasteiger partial charge in [0.25, 0.3) is 0 Å². The van der Waals surface area contributed by atoms with Crippen LogP contribution in [0.1, 0.15) is 38.7 Å². The molecule has 2 unspecified atom stereocenters. The van der Waals surface area contributed by atoms with Crippen molar-refractivity contribution in [1.29, 1.82) is 0 Å². The molecule has 1 rings (SSSR count). The number of methoxy groups -OCH3 is 1. The van der Waals surface area contributed by atoms with Crippen molar-refractivity contribution in [3.05, 3.63) is 35.6 Å². The minimum atomic E-state index is -0.186. The van der Waals surface area contributed by atoms with Crippen molar-refractivity contribution in [1.82, 2.24) is 5.32 Å². The molecule has 0 aliphatic rings. The van der Waals surface area contributed by atoms with Gasteiger partial charge in [-0.15, -0.1) is 0 Å². The Balaban J connectivity index is 2.72. The fourth-order valence-corrected chi connectivity index (χ4v) is 1.95. The highest BCUT2D eigenvalue weighted by Gasteiger charge is 2.15. The second-order valence-corrected chi connectivity index (χ2v) is 5.09. The summed E-state index contributed by atoms with van der Waals surface area (Å²) >= 11 is 0. The van der Waals surface area contributed by atoms with Crippen LogP contribution in [0.2, 0.25) is 0 Å². The zero-order valence-corrected chi connectivity index (χ0v) is 11.7. The molecule has 3 heteroatoms. The maximum atomic E-state index is 13.0. The highest BCUT2D eigenvalue weighted by Crippen LogP contribution is 2.22. The van der Waals surface area contributed by atoms with E-state index in [1.165, 1.54) is 12.1 Å². The van der Waals surface area contributed by atoms with Gasteiger partial charge in [-0.3, -0.25) is 0 Å². The molecule has 0 saturated carbocycles. The summed E-state index contributed by atoms with van der Waals surface area (Å²) in [5.74, 6) is 0.164. The fourth-order valence-electron chi connectivity index (χ4n) is 1.95. The standard InChI is InChI=1S/C15H24FNO/c1-11(2)17-10-14(9-12(3)18-4)13-5-7-15(16)8-6-13/h5-8,11-12,14,17H,9-10H2,1-4H3. The molecule has 0 radical (unpaired) electrons. The van der Waals surface area contributed by atoms with Crippen LogP contribution in [0.15, 0.2) is 24.3 Å². The normalized spacial score (nSPS) is 14.8. The molecule has 1 aromatic carbocycles. The molecule has 0 spiro atoms. The number of hydrogen-bond acceptors (Lipinski definition) is 2. The molecule has 18 heavy (non-hydrogen) atoms. The zero-order valence-electron chi connectivity index (χ0n) is 11.7. The Labute approximate surface area is 110 Å². The molecule has 0 fully saturated rings. The first-order valence-corrected chi connectivity index (χ1v) is 6.54. The van der Waals surface area contributed by atoms with Gasteiger partial charge >= 0.3 is 0 Å². The third kappa shape index (κ3) is 5.15. The molecule has 1 N–H and O–H groups in total. The van der Waals surface area contributed by atoms with E-state index in [0.29, 0.717) is 12.0 Å². The van der Waals surface area contributed by atoms with Crippen molar-refractivity contribution >= 4 is 0 Å². The fraction of sp³-hybridized carbons (Fsp3) is 0.600. The highest BCUT2D eigenvalue weighted by molar-refractivity contribution is 5.21. The summed E-state index contributed by atoms with van der Waals surface area (Å²) in [4.78, 5) is 0. The molecule has 0 aliphatic carbocycles. The summed E-state index contributed by atoms with van der Waals surface area (Å²) in [6.07, 6.45) is 1.14. The van der Waals surface area contributed by atoms with Gasteiger partial charge in [-0.05, 0) is 37.0 Å². The molecular weight excluding hydrogens is 229 g/mol. The largest absolute Gasteiger partial charge is 0.382 e. The lowest BCUT2D eigenvalue weighted by molar-refractivity contribution is 0.104. The molecular formula is C15H24FNO. The summed E-state index contributed by atoms with van der Waals surface area (Å²) in [6, 6.07) is 7.23. The van der Waals surface area contributed by atoms with Gasteiger partial charge in [0, 0.05) is 19.7 Å². The van der Waals surface area contributed by atoms with Crippen LogP contribution in [-0.4, -0.2) is 25.8 Å². The van der Waals surface area contributed by atoms with Crippen LogP contribution in [-0.2, 0) is 4.74 Å². The van der Waals surface area contributed by atoms with Gasteiger partial charge in [0.05, 0.1) is 6.10 Å². The second-order valence-electron chi connectivity index (χ2n) is 5.09. The van der Waals surface area contributed by atoms with E-state index < -0.39 is 0 Å². The number of rotatable bonds is 7. The molecule has 0 saturated heterocycles. The van der Waals surface area contributed by atoms with Gasteiger partial charge in [0.15, 0.2) is 0 Å². The first kappa shape index (κ1) is 15.1. The van der Waals surface area contributed by atoms with Gasteiger partial charge in [-0.1, -0.05) is 26.0 Å². The summed E-state index contributed by atoms with van der Waals surface area (Å²) in [7, 11) is 1.72. The molecule has 1 aromatic rings. The maximum absolute atomic E-state index is 13.0. The van der Waals surface area contributed by atoms with E-state index in [4.69, 9.17) is 4.74 Å². The van der Waals surface area contributed by atoms with E-state index in [-0.39, 0.29) is 11.9 Å². The molecule has 102 valence electrons. The smallest absolute Gasteiger partial charge is 0.123 e. The first-order chi connectivity index (χ1) is 8.52. The summed E-state index contributed by atoms with van der Waals surface area (Å²) < 4.78 is 18.3. The second kappa shape index (κ2) is 7.49. The predicted octanol–water partition coefficient (Wildman–Crippen LogP) is 3.33. The average molecular weight is 253 g/mol. The highest BCUT2D eigenvalue weighted by atomic mass is 19.1. The van der Waals surface area contributed by atoms with Gasteiger partial charge in [0.1, 0.15) is 5.82 Å². The Hall–Kier alpha value is -0.930. The van der Waals surface area contributed by atoms with Crippen LogP contribution in [0.25, 0.3) is 0 Å². The van der Waals surface area contributed by atoms with E-state index in [2.05, 4.69) is 26.1 Å². The zero-order chi connectivity index (χ0) is 13.5. The van der Waals surface area contributed by atoms with Crippen molar-refractivity contribution in [3.8, 4) is 0 Å². The molecule has 0 heterocycles. The molecule has 0 bridgehead atoms. The minimum Gasteiger partial charge on any atom is -0.382 e. The van der Waals surface area contributed by atoms with Crippen LogP contribution in [0, 0.1) is 5.82 Å². The Morgan fingerprint density at radius 3 is 2.28 bits per heavy atom. The quantitative estimate of drug-likeness (QED) is 0.804. The summed E-state index contributed by atoms with van der Waals surface area (Å²) in [5, 5.41) is 3.44. The van der Waals surface area contributed by atoms with Gasteiger partial charge in [-0.2, -0.15) is 0 Å². The molecule has 2 nitrogen and oxygen atoms in total. The van der Waals surface area contributed by atoms with Crippen molar-refractivity contribution in [2.75, 3.05) is 13.7 Å². The lowest BCUT2D eigenvalue weighted by atomic mass is 9.93. The van der Waals surface area contributed by atoms with Crippen molar-refractivity contribution < 1.29 is 9.13 Å². The van der Waals surface area contributed by atoms with E-state index in [1.807, 2.05) is 12.1 Å². The third-order valence-electron chi connectivity index (χ3n) is 3.13. The van der Waals surface area contributed by atoms with Crippen molar-refractivity contribution in [2.24, 2.45) is 0 Å². The Morgan fingerprint density at radius 1 is 1.17 bits per heavy atom. The van der Waals surface area contributed by atoms with Crippen LogP contribution in [0.4, 0.5) is 4.39 Å². The molecule has 2 atom stereocenters. The Morgan fingerprint density at radius 2 is 1.78 bits per heavy atom. The van der Waals surface area contributed by atoms with Crippen LogP contribution in [0.3, 0.4) is 0 Å². The van der Waals surface area contributed by atoms with Crippen molar-refractivity contribution in [3.63, 3.8) is 0 Å². The van der Waals surface area contributed by atoms with Crippen LogP contribution in [0.5, 0.6) is 0 Å². The Bertz CT molecular complexity index is 337. The van der Waals surface area contributed by atoms with Gasteiger partial charge in [-0.25, -0.2) is 4.39 Å². The van der Waals surface area contributed by atoms with E-state index in [1.54, 1.807) is 7.11 Å². The van der Waals surface area contributed by atoms with Gasteiger partial charge < -0.3 is 10.1 Å². The maximum Gasteiger partial charge on any atom is 0.123 e. The van der Waals surface area contributed by atoms with E-state index >= 15 is 0 Å². The molecule has 0 amide bonds. The summed E-state index contributed by atoms with van der Waals surface area (Å²) in [6.45, 7) is 7.20. The summed E-state index contributed by atoms with van der Waals surface area (Å²) in [5.41, 5.74) is 1.16. The molecule has 0 aromatic heterocycles. The minimum absolute atomic E-state index is 0.186. The van der Waals surface area contributed by atoms with Crippen LogP contribution >= 0.6 is 0 Å². The lowest BCUT2D eigenvalue weighted by Crippen LogP contribution is -2.29. The first-order valence-electron chi connectivity index (χ1n) is 6.54. The average Bonchev–Trinajstić information content (AvgIpc) is 2.35. The molecule has 0 aliphatic heterocycles. The topological polar surface area (TPSA) is 21.3 Å². The number of benzene rings is 1. The predicted molar refractivity (Wildman–Crippen MR) is 73.4 cm³/mol. The number of ether oxygens (including phenoxy) is 1. The number of halogens is 1. The van der Waals surface area contributed by atoms with E-state index in [9.17, 15) is 4.39 Å². The monoisotopic (exact) mass is 253 g/mol. The lowest BCUT2D eigenvalue weighted by Gasteiger charge is -2.22. The van der Waals surface area contributed by atoms with Gasteiger partial charge in [0.2, 0.25) is 0 Å². The SMILES string of the molecule is COC(C)CC(CNC(C)C)c1ccc(F)cc1.